The SMILES string of the molecule is CSCCCCNC(=O)NC[C@H](O)C(=O)O. The molecule has 1 atom stereocenters. The van der Waals surface area contributed by atoms with E-state index >= 15 is 0 Å². The number of hydrogen-bond donors (Lipinski definition) is 4. The molecular weight excluding hydrogens is 232 g/mol. The maximum Gasteiger partial charge on any atom is 0.334 e. The summed E-state index contributed by atoms with van der Waals surface area (Å²) in [6.45, 7) is 0.265. The molecule has 0 radical (unpaired) electrons. The number of urea groups is 1. The average molecular weight is 250 g/mol. The van der Waals surface area contributed by atoms with Gasteiger partial charge in [-0.15, -0.1) is 0 Å². The summed E-state index contributed by atoms with van der Waals surface area (Å²) in [7, 11) is 0. The number of aliphatic hydroxyl groups is 1. The molecule has 7 heteroatoms. The summed E-state index contributed by atoms with van der Waals surface area (Å²) < 4.78 is 0. The molecule has 0 aliphatic carbocycles. The number of carboxylic acid groups (broad SMARTS) is 1. The lowest BCUT2D eigenvalue weighted by Gasteiger charge is -2.09. The molecule has 4 N–H and O–H groups in total. The first-order valence-corrected chi connectivity index (χ1v) is 6.38. The zero-order chi connectivity index (χ0) is 12.4. The largest absolute Gasteiger partial charge is 0.479 e. The topological polar surface area (TPSA) is 98.7 Å². The van der Waals surface area contributed by atoms with Crippen molar-refractivity contribution in [2.24, 2.45) is 0 Å². The van der Waals surface area contributed by atoms with Crippen LogP contribution in [-0.4, -0.2) is 53.4 Å². The van der Waals surface area contributed by atoms with Crippen molar-refractivity contribution < 1.29 is 19.8 Å². The first kappa shape index (κ1) is 15.0. The van der Waals surface area contributed by atoms with Crippen LogP contribution in [0.3, 0.4) is 0 Å². The fourth-order valence-electron chi connectivity index (χ4n) is 0.913. The van der Waals surface area contributed by atoms with Crippen LogP contribution < -0.4 is 10.6 Å². The summed E-state index contributed by atoms with van der Waals surface area (Å²) >= 11 is 1.75. The van der Waals surface area contributed by atoms with Crippen LogP contribution in [0.1, 0.15) is 12.8 Å². The van der Waals surface area contributed by atoms with Crippen molar-refractivity contribution >= 4 is 23.8 Å². The van der Waals surface area contributed by atoms with Crippen molar-refractivity contribution in [1.29, 1.82) is 0 Å². The normalized spacial score (nSPS) is 11.9. The fourth-order valence-corrected chi connectivity index (χ4v) is 1.41. The molecule has 16 heavy (non-hydrogen) atoms. The highest BCUT2D eigenvalue weighted by molar-refractivity contribution is 7.98. The van der Waals surface area contributed by atoms with E-state index in [1.165, 1.54) is 0 Å². The molecule has 6 nitrogen and oxygen atoms in total. The minimum absolute atomic E-state index is 0.286. The van der Waals surface area contributed by atoms with Crippen LogP contribution in [0, 0.1) is 0 Å². The Hall–Kier alpha value is -0.950. The number of thioether (sulfide) groups is 1. The third kappa shape index (κ3) is 8.37. The Kier molecular flexibility index (Phi) is 8.74. The van der Waals surface area contributed by atoms with E-state index in [1.54, 1.807) is 11.8 Å². The van der Waals surface area contributed by atoms with E-state index in [9.17, 15) is 9.59 Å². The molecule has 0 aromatic rings. The molecule has 0 heterocycles. The predicted octanol–water partition coefficient (Wildman–Crippen LogP) is -0.126. The first-order chi connectivity index (χ1) is 7.57. The fraction of sp³-hybridized carbons (Fsp3) is 0.778. The summed E-state index contributed by atoms with van der Waals surface area (Å²) in [5.74, 6) is -0.290. The second-order valence-electron chi connectivity index (χ2n) is 3.19. The zero-order valence-corrected chi connectivity index (χ0v) is 10.0. The monoisotopic (exact) mass is 250 g/mol. The number of carboxylic acids is 1. The Labute approximate surface area is 98.8 Å². The number of hydrogen-bond acceptors (Lipinski definition) is 4. The Morgan fingerprint density at radius 3 is 2.56 bits per heavy atom. The van der Waals surface area contributed by atoms with E-state index in [0.29, 0.717) is 6.54 Å². The van der Waals surface area contributed by atoms with Gasteiger partial charge in [0.05, 0.1) is 6.54 Å². The van der Waals surface area contributed by atoms with Gasteiger partial charge in [-0.05, 0) is 24.9 Å². The molecule has 0 bridgehead atoms. The molecule has 0 saturated carbocycles. The van der Waals surface area contributed by atoms with Gasteiger partial charge in [0.1, 0.15) is 0 Å². The highest BCUT2D eigenvalue weighted by Crippen LogP contribution is 1.97. The van der Waals surface area contributed by atoms with Gasteiger partial charge >= 0.3 is 12.0 Å². The highest BCUT2D eigenvalue weighted by atomic mass is 32.2. The van der Waals surface area contributed by atoms with Gasteiger partial charge in [0.2, 0.25) is 0 Å². The van der Waals surface area contributed by atoms with Crippen LogP contribution in [0.4, 0.5) is 4.79 Å². The van der Waals surface area contributed by atoms with Gasteiger partial charge in [-0.3, -0.25) is 0 Å². The number of amides is 2. The van der Waals surface area contributed by atoms with Gasteiger partial charge in [-0.1, -0.05) is 0 Å². The van der Waals surface area contributed by atoms with Gasteiger partial charge in [0.25, 0.3) is 0 Å². The van der Waals surface area contributed by atoms with E-state index < -0.39 is 18.1 Å². The smallest absolute Gasteiger partial charge is 0.334 e. The molecule has 0 unspecified atom stereocenters. The number of aliphatic hydroxyl groups excluding tert-OH is 1. The van der Waals surface area contributed by atoms with Crippen LogP contribution in [0.5, 0.6) is 0 Å². The molecule has 0 aliphatic rings. The quantitative estimate of drug-likeness (QED) is 0.450. The Morgan fingerprint density at radius 1 is 1.31 bits per heavy atom. The van der Waals surface area contributed by atoms with Crippen LogP contribution >= 0.6 is 11.8 Å². The molecule has 2 amide bonds. The minimum Gasteiger partial charge on any atom is -0.479 e. The summed E-state index contributed by atoms with van der Waals surface area (Å²) in [6.07, 6.45) is 2.38. The maximum atomic E-state index is 11.1. The van der Waals surface area contributed by atoms with Crippen molar-refractivity contribution in [3.8, 4) is 0 Å². The lowest BCUT2D eigenvalue weighted by Crippen LogP contribution is -2.42. The molecule has 0 rings (SSSR count). The number of nitrogens with one attached hydrogen (secondary N) is 2. The van der Waals surface area contributed by atoms with Gasteiger partial charge in [0.15, 0.2) is 6.10 Å². The van der Waals surface area contributed by atoms with Crippen LogP contribution in [0.15, 0.2) is 0 Å². The van der Waals surface area contributed by atoms with Gasteiger partial charge in [0, 0.05) is 6.54 Å². The van der Waals surface area contributed by atoms with E-state index in [4.69, 9.17) is 10.2 Å². The number of rotatable bonds is 8. The van der Waals surface area contributed by atoms with Gasteiger partial charge in [-0.2, -0.15) is 11.8 Å². The molecule has 0 aliphatic heterocycles. The molecule has 0 aromatic heterocycles. The molecule has 94 valence electrons. The van der Waals surface area contributed by atoms with E-state index in [1.807, 2.05) is 6.26 Å². The van der Waals surface area contributed by atoms with Crippen molar-refractivity contribution in [1.82, 2.24) is 10.6 Å². The number of unbranched alkanes of at least 4 members (excludes halogenated alkanes) is 1. The Morgan fingerprint density at radius 2 is 2.00 bits per heavy atom. The molecule has 0 saturated heterocycles. The van der Waals surface area contributed by atoms with Crippen molar-refractivity contribution in [2.45, 2.75) is 18.9 Å². The molecule has 0 spiro atoms. The van der Waals surface area contributed by atoms with E-state index in [2.05, 4.69) is 10.6 Å². The summed E-state index contributed by atoms with van der Waals surface area (Å²) in [5, 5.41) is 22.1. The van der Waals surface area contributed by atoms with Crippen LogP contribution in [0.25, 0.3) is 0 Å². The second-order valence-corrected chi connectivity index (χ2v) is 4.18. The number of carbonyl (C=O) groups is 2. The lowest BCUT2D eigenvalue weighted by atomic mass is 10.3. The van der Waals surface area contributed by atoms with Gasteiger partial charge < -0.3 is 20.8 Å². The Bertz CT molecular complexity index is 226. The predicted molar refractivity (Wildman–Crippen MR) is 62.7 cm³/mol. The summed E-state index contributed by atoms with van der Waals surface area (Å²) in [6, 6.07) is -0.454. The molecular formula is C9H18N2O4S. The van der Waals surface area contributed by atoms with Gasteiger partial charge in [-0.25, -0.2) is 9.59 Å². The molecule has 0 aromatic carbocycles. The van der Waals surface area contributed by atoms with Crippen molar-refractivity contribution in [3.05, 3.63) is 0 Å². The van der Waals surface area contributed by atoms with E-state index in [0.717, 1.165) is 18.6 Å². The Balaban J connectivity index is 3.41. The van der Waals surface area contributed by atoms with Crippen molar-refractivity contribution in [3.63, 3.8) is 0 Å². The summed E-state index contributed by atoms with van der Waals surface area (Å²) in [4.78, 5) is 21.3. The zero-order valence-electron chi connectivity index (χ0n) is 9.23. The average Bonchev–Trinajstić information content (AvgIpc) is 2.25. The number of carbonyl (C=O) groups excluding carboxylic acids is 1. The standard InChI is InChI=1S/C9H18N2O4S/c1-16-5-3-2-4-10-9(15)11-6-7(12)8(13)14/h7,12H,2-6H2,1H3,(H,13,14)(H2,10,11,15)/t7-/m0/s1. The maximum absolute atomic E-state index is 11.1. The summed E-state index contributed by atoms with van der Waals surface area (Å²) in [5.41, 5.74) is 0. The molecule has 0 fully saturated rings. The van der Waals surface area contributed by atoms with Crippen molar-refractivity contribution in [2.75, 3.05) is 25.1 Å². The first-order valence-electron chi connectivity index (χ1n) is 4.99. The minimum atomic E-state index is -1.55. The third-order valence-corrected chi connectivity index (χ3v) is 2.50. The third-order valence-electron chi connectivity index (χ3n) is 1.80. The van der Waals surface area contributed by atoms with Crippen LogP contribution in [-0.2, 0) is 4.79 Å². The second kappa shape index (κ2) is 9.29. The van der Waals surface area contributed by atoms with E-state index in [-0.39, 0.29) is 6.54 Å². The van der Waals surface area contributed by atoms with Crippen LogP contribution in [0.2, 0.25) is 0 Å². The number of aliphatic carboxylic acids is 1. The lowest BCUT2D eigenvalue weighted by molar-refractivity contribution is -0.146. The highest BCUT2D eigenvalue weighted by Gasteiger charge is 2.13.